The van der Waals surface area contributed by atoms with Gasteiger partial charge in [-0.2, -0.15) is 0 Å². The Morgan fingerprint density at radius 1 is 1.30 bits per heavy atom. The first-order valence-corrected chi connectivity index (χ1v) is 3.95. The van der Waals surface area contributed by atoms with Crippen LogP contribution in [-0.4, -0.2) is 6.61 Å². The first-order valence-electron chi connectivity index (χ1n) is 3.16. The molecule has 1 radical (unpaired) electrons. The Morgan fingerprint density at radius 3 is 2.60 bits per heavy atom. The molecule has 0 aromatic heterocycles. The van der Waals surface area contributed by atoms with Gasteiger partial charge in [-0.3, -0.25) is 0 Å². The topological polar surface area (TPSA) is 19.9 Å². The van der Waals surface area contributed by atoms with Crippen LogP contribution in [0.2, 0.25) is 0 Å². The first kappa shape index (κ1) is 7.76. The standard InChI is InChI=1S/C8H8BrO/c9-8-4-2-1-3-7(8)5-6-10/h1-4H,5-6H2. The van der Waals surface area contributed by atoms with Crippen LogP contribution in [0.25, 0.3) is 0 Å². The van der Waals surface area contributed by atoms with Crippen LogP contribution in [0.15, 0.2) is 28.7 Å². The number of benzene rings is 1. The highest BCUT2D eigenvalue weighted by Crippen LogP contribution is 2.15. The van der Waals surface area contributed by atoms with Crippen molar-refractivity contribution in [2.24, 2.45) is 0 Å². The number of hydrogen-bond acceptors (Lipinski definition) is 0. The van der Waals surface area contributed by atoms with E-state index in [4.69, 9.17) is 0 Å². The Morgan fingerprint density at radius 2 is 2.00 bits per heavy atom. The number of hydrogen-bond donors (Lipinski definition) is 0. The van der Waals surface area contributed by atoms with Gasteiger partial charge in [0.1, 0.15) is 0 Å². The molecular formula is C8H8BrO. The fourth-order valence-corrected chi connectivity index (χ4v) is 1.29. The molecule has 0 unspecified atom stereocenters. The summed E-state index contributed by atoms with van der Waals surface area (Å²) in [7, 11) is 0. The van der Waals surface area contributed by atoms with E-state index in [1.165, 1.54) is 0 Å². The maximum Gasteiger partial charge on any atom is 0.0863 e. The molecule has 0 aliphatic rings. The summed E-state index contributed by atoms with van der Waals surface area (Å²) >= 11 is 3.36. The third-order valence-electron chi connectivity index (χ3n) is 1.33. The Kier molecular flexibility index (Phi) is 2.90. The van der Waals surface area contributed by atoms with Crippen molar-refractivity contribution >= 4 is 15.9 Å². The zero-order chi connectivity index (χ0) is 7.40. The monoisotopic (exact) mass is 199 g/mol. The Bertz CT molecular complexity index is 210. The highest BCUT2D eigenvalue weighted by molar-refractivity contribution is 9.10. The summed E-state index contributed by atoms with van der Waals surface area (Å²) in [5.74, 6) is 0. The molecule has 0 heterocycles. The normalized spacial score (nSPS) is 9.80. The lowest BCUT2D eigenvalue weighted by atomic mass is 10.2. The molecule has 1 aromatic carbocycles. The Balaban J connectivity index is 2.81. The maximum absolute atomic E-state index is 10.2. The summed E-state index contributed by atoms with van der Waals surface area (Å²) in [4.78, 5) is 0. The molecule has 0 amide bonds. The van der Waals surface area contributed by atoms with Gasteiger partial charge >= 0.3 is 0 Å². The van der Waals surface area contributed by atoms with Crippen molar-refractivity contribution < 1.29 is 5.11 Å². The van der Waals surface area contributed by atoms with E-state index >= 15 is 0 Å². The van der Waals surface area contributed by atoms with Gasteiger partial charge in [0.2, 0.25) is 0 Å². The molecule has 0 fully saturated rings. The van der Waals surface area contributed by atoms with Crippen molar-refractivity contribution in [3.05, 3.63) is 34.3 Å². The lowest BCUT2D eigenvalue weighted by Crippen LogP contribution is -1.89. The van der Waals surface area contributed by atoms with Crippen LogP contribution in [0.4, 0.5) is 0 Å². The van der Waals surface area contributed by atoms with E-state index in [1.54, 1.807) is 0 Å². The van der Waals surface area contributed by atoms with Crippen molar-refractivity contribution in [3.8, 4) is 0 Å². The predicted octanol–water partition coefficient (Wildman–Crippen LogP) is 2.42. The van der Waals surface area contributed by atoms with Crippen LogP contribution in [0.1, 0.15) is 5.56 Å². The molecule has 10 heavy (non-hydrogen) atoms. The fraction of sp³-hybridized carbons (Fsp3) is 0.250. The van der Waals surface area contributed by atoms with E-state index in [0.717, 1.165) is 10.0 Å². The van der Waals surface area contributed by atoms with Crippen molar-refractivity contribution in [2.75, 3.05) is 6.61 Å². The highest BCUT2D eigenvalue weighted by Gasteiger charge is 1.95. The van der Waals surface area contributed by atoms with Crippen LogP contribution >= 0.6 is 15.9 Å². The van der Waals surface area contributed by atoms with Crippen LogP contribution in [0.3, 0.4) is 0 Å². The lowest BCUT2D eigenvalue weighted by Gasteiger charge is -1.98. The predicted molar refractivity (Wildman–Crippen MR) is 43.4 cm³/mol. The van der Waals surface area contributed by atoms with Gasteiger partial charge in [0, 0.05) is 10.9 Å². The van der Waals surface area contributed by atoms with E-state index in [2.05, 4.69) is 15.9 Å². The molecule has 0 spiro atoms. The largest absolute Gasteiger partial charge is 0.236 e. The van der Waals surface area contributed by atoms with Gasteiger partial charge < -0.3 is 0 Å². The molecule has 0 aliphatic carbocycles. The van der Waals surface area contributed by atoms with E-state index in [9.17, 15) is 5.11 Å². The van der Waals surface area contributed by atoms with Crippen LogP contribution in [0, 0.1) is 0 Å². The summed E-state index contributed by atoms with van der Waals surface area (Å²) in [5, 5.41) is 10.2. The van der Waals surface area contributed by atoms with Crippen LogP contribution in [-0.2, 0) is 11.5 Å². The van der Waals surface area contributed by atoms with Crippen molar-refractivity contribution in [1.82, 2.24) is 0 Å². The molecule has 0 saturated heterocycles. The van der Waals surface area contributed by atoms with Gasteiger partial charge in [-0.25, -0.2) is 5.11 Å². The van der Waals surface area contributed by atoms with Crippen molar-refractivity contribution in [1.29, 1.82) is 0 Å². The SMILES string of the molecule is [O]CCc1ccccc1Br. The lowest BCUT2D eigenvalue weighted by molar-refractivity contribution is 0.197. The second kappa shape index (κ2) is 3.74. The number of halogens is 1. The van der Waals surface area contributed by atoms with Gasteiger partial charge in [-0.1, -0.05) is 34.1 Å². The van der Waals surface area contributed by atoms with Crippen molar-refractivity contribution in [2.45, 2.75) is 6.42 Å². The molecule has 1 aromatic rings. The van der Waals surface area contributed by atoms with Gasteiger partial charge in [0.15, 0.2) is 0 Å². The molecule has 2 heteroatoms. The van der Waals surface area contributed by atoms with Crippen LogP contribution < -0.4 is 0 Å². The summed E-state index contributed by atoms with van der Waals surface area (Å²) in [6.07, 6.45) is 0.613. The van der Waals surface area contributed by atoms with Gasteiger partial charge in [0.25, 0.3) is 0 Å². The summed E-state index contributed by atoms with van der Waals surface area (Å²) in [6.45, 7) is -0.0391. The molecule has 0 aliphatic heterocycles. The highest BCUT2D eigenvalue weighted by atomic mass is 79.9. The average molecular weight is 200 g/mol. The summed E-state index contributed by atoms with van der Waals surface area (Å²) in [6, 6.07) is 7.79. The second-order valence-electron chi connectivity index (χ2n) is 2.05. The van der Waals surface area contributed by atoms with E-state index in [0.29, 0.717) is 6.42 Å². The van der Waals surface area contributed by atoms with Gasteiger partial charge in [0.05, 0.1) is 6.61 Å². The van der Waals surface area contributed by atoms with E-state index in [-0.39, 0.29) is 6.61 Å². The molecule has 0 bridgehead atoms. The Hall–Kier alpha value is -0.340. The first-order chi connectivity index (χ1) is 4.84. The number of rotatable bonds is 2. The van der Waals surface area contributed by atoms with Gasteiger partial charge in [-0.05, 0) is 11.6 Å². The van der Waals surface area contributed by atoms with Crippen molar-refractivity contribution in [3.63, 3.8) is 0 Å². The van der Waals surface area contributed by atoms with Gasteiger partial charge in [-0.15, -0.1) is 0 Å². The Labute approximate surface area is 68.8 Å². The molecular weight excluding hydrogens is 192 g/mol. The molecule has 1 nitrogen and oxygen atoms in total. The summed E-state index contributed by atoms with van der Waals surface area (Å²) in [5.41, 5.74) is 1.09. The molecule has 53 valence electrons. The van der Waals surface area contributed by atoms with E-state index in [1.807, 2.05) is 24.3 Å². The minimum Gasteiger partial charge on any atom is -0.236 e. The van der Waals surface area contributed by atoms with E-state index < -0.39 is 0 Å². The minimum atomic E-state index is -0.0391. The second-order valence-corrected chi connectivity index (χ2v) is 2.90. The average Bonchev–Trinajstić information content (AvgIpc) is 1.94. The zero-order valence-electron chi connectivity index (χ0n) is 5.51. The minimum absolute atomic E-state index is 0.0391. The maximum atomic E-state index is 10.2. The smallest absolute Gasteiger partial charge is 0.0863 e. The quantitative estimate of drug-likeness (QED) is 0.698. The molecule has 0 saturated carbocycles. The fourth-order valence-electron chi connectivity index (χ4n) is 0.811. The zero-order valence-corrected chi connectivity index (χ0v) is 7.10. The molecule has 0 N–H and O–H groups in total. The molecule has 0 atom stereocenters. The third kappa shape index (κ3) is 1.82. The third-order valence-corrected chi connectivity index (χ3v) is 2.10. The van der Waals surface area contributed by atoms with Crippen LogP contribution in [0.5, 0.6) is 0 Å². The summed E-state index contributed by atoms with van der Waals surface area (Å²) < 4.78 is 1.03. The molecule has 1 rings (SSSR count).